The van der Waals surface area contributed by atoms with Crippen molar-refractivity contribution in [3.8, 4) is 11.5 Å². The van der Waals surface area contributed by atoms with Gasteiger partial charge in [0.25, 0.3) is 0 Å². The molecule has 2 bridgehead atoms. The second-order valence-corrected chi connectivity index (χ2v) is 7.48. The van der Waals surface area contributed by atoms with Gasteiger partial charge in [-0.15, -0.1) is 0 Å². The molecule has 4 aliphatic rings. The van der Waals surface area contributed by atoms with E-state index in [0.29, 0.717) is 17.7 Å². The third-order valence-electron chi connectivity index (χ3n) is 6.76. The topological polar surface area (TPSA) is 81.5 Å². The fourth-order valence-corrected chi connectivity index (χ4v) is 5.89. The zero-order valence-corrected chi connectivity index (χ0v) is 13.1. The Morgan fingerprint density at radius 2 is 2.30 bits per heavy atom. The number of likely N-dealkylation sites (N-methyl/N-ethyl adjacent to an activating group) is 1. The van der Waals surface area contributed by atoms with Crippen LogP contribution < -0.4 is 4.74 Å². The third-order valence-corrected chi connectivity index (χ3v) is 6.76. The second-order valence-electron chi connectivity index (χ2n) is 7.48. The molecule has 1 N–H and O–H groups in total. The number of phenolic OH excluding ortho intramolecular Hbond substituents is 1. The summed E-state index contributed by atoms with van der Waals surface area (Å²) in [7, 11) is 2.22. The van der Waals surface area contributed by atoms with Crippen LogP contribution in [-0.2, 0) is 11.8 Å². The first-order valence-corrected chi connectivity index (χ1v) is 8.43. The average molecular weight is 312 g/mol. The van der Waals surface area contributed by atoms with Crippen molar-refractivity contribution in [2.75, 3.05) is 13.6 Å². The highest BCUT2D eigenvalue weighted by molar-refractivity contribution is 5.60. The van der Waals surface area contributed by atoms with Crippen molar-refractivity contribution < 1.29 is 9.84 Å². The van der Waals surface area contributed by atoms with Gasteiger partial charge in [0.15, 0.2) is 11.5 Å². The first kappa shape index (κ1) is 13.5. The first-order chi connectivity index (χ1) is 11.2. The number of ether oxygens (including phenoxy) is 1. The van der Waals surface area contributed by atoms with Crippen LogP contribution in [0.5, 0.6) is 11.5 Å². The van der Waals surface area contributed by atoms with E-state index in [4.69, 9.17) is 10.3 Å². The molecule has 1 aromatic rings. The summed E-state index contributed by atoms with van der Waals surface area (Å²) >= 11 is 0. The number of rotatable bonds is 1. The molecule has 5 atom stereocenters. The van der Waals surface area contributed by atoms with Crippen molar-refractivity contribution in [3.05, 3.63) is 33.7 Å². The molecular formula is C17H20N4O2. The zero-order valence-electron chi connectivity index (χ0n) is 13.1. The number of nitrogens with zero attached hydrogens (tertiary/aromatic N) is 4. The summed E-state index contributed by atoms with van der Waals surface area (Å²) in [4.78, 5) is 5.54. The molecule has 0 amide bonds. The van der Waals surface area contributed by atoms with E-state index in [2.05, 4.69) is 28.0 Å². The van der Waals surface area contributed by atoms with Gasteiger partial charge in [-0.2, -0.15) is 0 Å². The van der Waals surface area contributed by atoms with E-state index in [0.717, 1.165) is 32.2 Å². The normalized spacial score (nSPS) is 40.0. The second kappa shape index (κ2) is 4.34. The number of azide groups is 1. The third kappa shape index (κ3) is 1.46. The number of benzene rings is 1. The van der Waals surface area contributed by atoms with Crippen LogP contribution in [0.3, 0.4) is 0 Å². The van der Waals surface area contributed by atoms with Crippen molar-refractivity contribution in [2.24, 2.45) is 11.0 Å². The molecule has 2 aliphatic heterocycles. The van der Waals surface area contributed by atoms with Gasteiger partial charge in [-0.25, -0.2) is 0 Å². The number of phenols is 1. The Bertz CT molecular complexity index is 744. The van der Waals surface area contributed by atoms with E-state index in [1.807, 2.05) is 0 Å². The summed E-state index contributed by atoms with van der Waals surface area (Å²) in [5, 5.41) is 14.4. The van der Waals surface area contributed by atoms with Crippen molar-refractivity contribution in [2.45, 2.75) is 49.3 Å². The molecule has 1 saturated heterocycles. The number of piperidine rings is 1. The van der Waals surface area contributed by atoms with Crippen LogP contribution in [0.25, 0.3) is 10.4 Å². The van der Waals surface area contributed by atoms with E-state index < -0.39 is 0 Å². The first-order valence-electron chi connectivity index (χ1n) is 8.43. The maximum absolute atomic E-state index is 10.3. The molecule has 1 saturated carbocycles. The number of likely N-dealkylation sites (tertiary alicyclic amines) is 1. The maximum Gasteiger partial charge on any atom is 0.165 e. The molecule has 6 heteroatoms. The van der Waals surface area contributed by atoms with Crippen LogP contribution in [-0.4, -0.2) is 41.8 Å². The quantitative estimate of drug-likeness (QED) is 0.492. The average Bonchev–Trinajstić information content (AvgIpc) is 2.90. The minimum atomic E-state index is -0.141. The molecule has 1 aromatic carbocycles. The fourth-order valence-electron chi connectivity index (χ4n) is 5.89. The molecule has 2 aliphatic carbocycles. The molecule has 0 unspecified atom stereocenters. The van der Waals surface area contributed by atoms with Crippen LogP contribution in [0, 0.1) is 5.92 Å². The van der Waals surface area contributed by atoms with Crippen molar-refractivity contribution in [1.29, 1.82) is 0 Å². The summed E-state index contributed by atoms with van der Waals surface area (Å²) in [5.41, 5.74) is 11.4. The fraction of sp³-hybridized carbons (Fsp3) is 0.647. The van der Waals surface area contributed by atoms with Crippen LogP contribution >= 0.6 is 0 Å². The molecule has 120 valence electrons. The molecule has 6 nitrogen and oxygen atoms in total. The predicted octanol–water partition coefficient (Wildman–Crippen LogP) is 2.74. The maximum atomic E-state index is 10.3. The largest absolute Gasteiger partial charge is 0.504 e. The SMILES string of the molecule is CN1CC[C@]23c4c5ccc(O)c4O[C@H]2[C@H](N=[N+]=[N-])CC[C@H]3[C@H]1C5. The van der Waals surface area contributed by atoms with Crippen LogP contribution in [0.2, 0.25) is 0 Å². The standard InChI is InChI=1S/C17H20N4O2/c1-21-7-6-17-10-3-4-11(19-20-18)16(17)23-15-13(22)5-2-9(14(15)17)8-12(10)21/h2,5,10-12,16,22H,3-4,6-8H2,1H3/t10-,11+,12+,16-,17-/m0/s1. The zero-order chi connectivity index (χ0) is 15.8. The van der Waals surface area contributed by atoms with Crippen LogP contribution in [0.4, 0.5) is 0 Å². The van der Waals surface area contributed by atoms with Gasteiger partial charge in [-0.05, 0) is 62.4 Å². The molecule has 2 heterocycles. The smallest absolute Gasteiger partial charge is 0.165 e. The summed E-state index contributed by atoms with van der Waals surface area (Å²) in [6.45, 7) is 1.03. The lowest BCUT2D eigenvalue weighted by Gasteiger charge is -2.58. The van der Waals surface area contributed by atoms with Gasteiger partial charge in [-0.3, -0.25) is 0 Å². The number of aromatic hydroxyl groups is 1. The summed E-state index contributed by atoms with van der Waals surface area (Å²) in [5.74, 6) is 1.40. The number of hydrogen-bond donors (Lipinski definition) is 1. The van der Waals surface area contributed by atoms with Gasteiger partial charge in [0.2, 0.25) is 0 Å². The molecule has 2 fully saturated rings. The Morgan fingerprint density at radius 3 is 3.13 bits per heavy atom. The Kier molecular flexibility index (Phi) is 2.55. The molecular weight excluding hydrogens is 292 g/mol. The van der Waals surface area contributed by atoms with Gasteiger partial charge in [0, 0.05) is 21.9 Å². The molecule has 0 aromatic heterocycles. The minimum Gasteiger partial charge on any atom is -0.504 e. The van der Waals surface area contributed by atoms with Crippen molar-refractivity contribution in [1.82, 2.24) is 4.90 Å². The lowest BCUT2D eigenvalue weighted by Crippen LogP contribution is -2.65. The highest BCUT2D eigenvalue weighted by atomic mass is 16.5. The molecule has 5 rings (SSSR count). The summed E-state index contributed by atoms with van der Waals surface area (Å²) in [6, 6.07) is 4.19. The minimum absolute atomic E-state index is 0.0874. The Hall–Kier alpha value is -1.91. The van der Waals surface area contributed by atoms with Gasteiger partial charge >= 0.3 is 0 Å². The Labute approximate surface area is 134 Å². The van der Waals surface area contributed by atoms with Gasteiger partial charge in [0.1, 0.15) is 6.10 Å². The highest BCUT2D eigenvalue weighted by Gasteiger charge is 2.65. The Morgan fingerprint density at radius 1 is 1.43 bits per heavy atom. The predicted molar refractivity (Wildman–Crippen MR) is 84.6 cm³/mol. The summed E-state index contributed by atoms with van der Waals surface area (Å²) in [6.07, 6.45) is 3.84. The lowest BCUT2D eigenvalue weighted by molar-refractivity contribution is -0.0509. The molecule has 1 spiro atoms. The van der Waals surface area contributed by atoms with E-state index in [1.165, 1.54) is 11.1 Å². The van der Waals surface area contributed by atoms with Crippen molar-refractivity contribution >= 4 is 0 Å². The van der Waals surface area contributed by atoms with E-state index in [-0.39, 0.29) is 23.3 Å². The van der Waals surface area contributed by atoms with Gasteiger partial charge < -0.3 is 14.7 Å². The number of hydrogen-bond acceptors (Lipinski definition) is 4. The van der Waals surface area contributed by atoms with Crippen LogP contribution in [0.1, 0.15) is 30.4 Å². The molecule has 23 heavy (non-hydrogen) atoms. The van der Waals surface area contributed by atoms with E-state index in [1.54, 1.807) is 6.07 Å². The van der Waals surface area contributed by atoms with Crippen LogP contribution in [0.15, 0.2) is 17.2 Å². The molecule has 0 radical (unpaired) electrons. The van der Waals surface area contributed by atoms with Gasteiger partial charge in [-0.1, -0.05) is 11.2 Å². The van der Waals surface area contributed by atoms with E-state index in [9.17, 15) is 5.11 Å². The highest BCUT2D eigenvalue weighted by Crippen LogP contribution is 2.63. The van der Waals surface area contributed by atoms with Gasteiger partial charge in [0.05, 0.1) is 6.04 Å². The van der Waals surface area contributed by atoms with Crippen molar-refractivity contribution in [3.63, 3.8) is 0 Å². The van der Waals surface area contributed by atoms with E-state index >= 15 is 0 Å². The lowest BCUT2D eigenvalue weighted by atomic mass is 9.51. The summed E-state index contributed by atoms with van der Waals surface area (Å²) < 4.78 is 6.28. The Balaban J connectivity index is 1.78. The monoisotopic (exact) mass is 312 g/mol.